The van der Waals surface area contributed by atoms with Crippen LogP contribution in [0.1, 0.15) is 26.7 Å². The van der Waals surface area contributed by atoms with Crippen molar-refractivity contribution in [3.63, 3.8) is 0 Å². The number of aliphatic carboxylic acids is 1. The van der Waals surface area contributed by atoms with Gasteiger partial charge in [0, 0.05) is 63.2 Å². The molecule has 1 aliphatic rings. The Balaban J connectivity index is 0.00000361. The molecule has 0 fully saturated rings. The average molecular weight is 304 g/mol. The van der Waals surface area contributed by atoms with Crippen LogP contribution in [0.4, 0.5) is 0 Å². The summed E-state index contributed by atoms with van der Waals surface area (Å²) in [6.45, 7) is 3.65. The number of esters is 1. The van der Waals surface area contributed by atoms with Gasteiger partial charge in [0.2, 0.25) is 0 Å². The van der Waals surface area contributed by atoms with E-state index in [1.54, 1.807) is 13.8 Å². The molecule has 105 valence electrons. The maximum Gasteiger partial charge on any atom is 0.332 e. The zero-order valence-corrected chi connectivity index (χ0v) is 15.3. The number of carbonyl (C=O) groups is 2. The molecule has 0 aromatic carbocycles. The van der Waals surface area contributed by atoms with Gasteiger partial charge >= 0.3 is 11.9 Å². The van der Waals surface area contributed by atoms with Crippen LogP contribution in [0.5, 0.6) is 0 Å². The molecule has 5 nitrogen and oxygen atoms in total. The van der Waals surface area contributed by atoms with E-state index >= 15 is 0 Å². The molecule has 1 atom stereocenters. The molecule has 1 radical (unpaired) electrons. The van der Waals surface area contributed by atoms with Crippen LogP contribution in [0.15, 0.2) is 35.6 Å². The van der Waals surface area contributed by atoms with Crippen molar-refractivity contribution in [3.8, 4) is 0 Å². The van der Waals surface area contributed by atoms with Crippen LogP contribution >= 0.6 is 0 Å². The van der Waals surface area contributed by atoms with Crippen LogP contribution < -0.4 is 5.32 Å². The smallest absolute Gasteiger partial charge is 0.332 e. The van der Waals surface area contributed by atoms with Crippen LogP contribution in [0, 0.1) is 0 Å². The third-order valence-electron chi connectivity index (χ3n) is 2.65. The van der Waals surface area contributed by atoms with Crippen molar-refractivity contribution in [1.82, 2.24) is 5.32 Å². The van der Waals surface area contributed by atoms with E-state index in [4.69, 9.17) is 4.74 Å². The van der Waals surface area contributed by atoms with Crippen LogP contribution in [-0.4, -0.2) is 81.1 Å². The number of allylic oxidation sites excluding steroid dienone is 4. The van der Waals surface area contributed by atoms with E-state index in [1.807, 2.05) is 18.2 Å². The quantitative estimate of drug-likeness (QED) is 0.336. The number of hydrogen-bond donors (Lipinski definition) is 2. The van der Waals surface area contributed by atoms with Crippen LogP contribution in [-0.2, 0) is 14.3 Å². The molecular formula is C14H19KNO4. The van der Waals surface area contributed by atoms with E-state index in [0.717, 1.165) is 12.0 Å². The van der Waals surface area contributed by atoms with E-state index in [2.05, 4.69) is 5.32 Å². The van der Waals surface area contributed by atoms with Crippen LogP contribution in [0.2, 0.25) is 0 Å². The SMILES string of the molecule is CCOC(=O)C=C(C)N[C@@H](C(=O)O)C1=CCC=CC1.[K]. The standard InChI is InChI=1S/C14H19NO4.K/c1-3-19-12(16)9-10(2)15-13(14(17)18)11-7-5-4-6-8-11;/h4-5,8-9,13,15H,3,6-7H2,1-2H3,(H,17,18);/t13-;/m1./s1. The summed E-state index contributed by atoms with van der Waals surface area (Å²) in [7, 11) is 0. The summed E-state index contributed by atoms with van der Waals surface area (Å²) in [5.74, 6) is -1.44. The Bertz CT molecular complexity index is 440. The van der Waals surface area contributed by atoms with Crippen molar-refractivity contribution in [2.75, 3.05) is 6.61 Å². The zero-order valence-electron chi connectivity index (χ0n) is 12.2. The van der Waals surface area contributed by atoms with Gasteiger partial charge < -0.3 is 15.2 Å². The maximum absolute atomic E-state index is 11.3. The molecule has 0 heterocycles. The minimum atomic E-state index is -0.960. The molecule has 0 spiro atoms. The van der Waals surface area contributed by atoms with Crippen molar-refractivity contribution in [1.29, 1.82) is 0 Å². The van der Waals surface area contributed by atoms with Gasteiger partial charge in [-0.05, 0) is 32.3 Å². The van der Waals surface area contributed by atoms with Crippen molar-refractivity contribution >= 4 is 63.3 Å². The maximum atomic E-state index is 11.3. The number of rotatable bonds is 6. The van der Waals surface area contributed by atoms with Crippen LogP contribution in [0.25, 0.3) is 0 Å². The first-order valence-corrected chi connectivity index (χ1v) is 6.23. The van der Waals surface area contributed by atoms with Crippen molar-refractivity contribution in [2.24, 2.45) is 0 Å². The predicted octanol–water partition coefficient (Wildman–Crippen LogP) is 1.39. The Kier molecular flexibility index (Phi) is 10.1. The van der Waals surface area contributed by atoms with E-state index in [1.165, 1.54) is 6.08 Å². The second kappa shape index (κ2) is 10.3. The zero-order chi connectivity index (χ0) is 14.3. The number of ether oxygens (including phenoxy) is 1. The average Bonchev–Trinajstić information content (AvgIpc) is 2.37. The Hall–Kier alpha value is -0.404. The van der Waals surface area contributed by atoms with Gasteiger partial charge in [0.1, 0.15) is 6.04 Å². The van der Waals surface area contributed by atoms with Gasteiger partial charge in [-0.3, -0.25) is 0 Å². The summed E-state index contributed by atoms with van der Waals surface area (Å²) in [5.41, 5.74) is 1.27. The first-order valence-electron chi connectivity index (χ1n) is 6.23. The Morgan fingerprint density at radius 1 is 1.50 bits per heavy atom. The van der Waals surface area contributed by atoms with E-state index < -0.39 is 18.0 Å². The van der Waals surface area contributed by atoms with Gasteiger partial charge in [-0.25, -0.2) is 9.59 Å². The number of carbonyl (C=O) groups excluding carboxylic acids is 1. The monoisotopic (exact) mass is 304 g/mol. The summed E-state index contributed by atoms with van der Waals surface area (Å²) in [6.07, 6.45) is 8.43. The summed E-state index contributed by atoms with van der Waals surface area (Å²) >= 11 is 0. The van der Waals surface area contributed by atoms with E-state index in [0.29, 0.717) is 18.7 Å². The molecule has 0 saturated heterocycles. The molecule has 0 aromatic rings. The molecule has 0 aliphatic heterocycles. The molecule has 0 unspecified atom stereocenters. The van der Waals surface area contributed by atoms with Gasteiger partial charge in [0.25, 0.3) is 0 Å². The Morgan fingerprint density at radius 2 is 2.20 bits per heavy atom. The molecule has 1 aliphatic carbocycles. The molecule has 2 N–H and O–H groups in total. The number of carboxylic acids is 1. The van der Waals surface area contributed by atoms with E-state index in [9.17, 15) is 14.7 Å². The molecule has 0 bridgehead atoms. The summed E-state index contributed by atoms with van der Waals surface area (Å²) < 4.78 is 4.77. The number of nitrogens with one attached hydrogen (secondary N) is 1. The largest absolute Gasteiger partial charge is 0.479 e. The van der Waals surface area contributed by atoms with Crippen molar-refractivity contribution in [3.05, 3.63) is 35.6 Å². The predicted molar refractivity (Wildman–Crippen MR) is 77.2 cm³/mol. The third-order valence-corrected chi connectivity index (χ3v) is 2.65. The second-order valence-electron chi connectivity index (χ2n) is 4.19. The molecule has 20 heavy (non-hydrogen) atoms. The van der Waals surface area contributed by atoms with Gasteiger partial charge in [-0.1, -0.05) is 18.2 Å². The number of carboxylic acid groups (broad SMARTS) is 1. The minimum Gasteiger partial charge on any atom is -0.479 e. The second-order valence-corrected chi connectivity index (χ2v) is 4.19. The van der Waals surface area contributed by atoms with Gasteiger partial charge in [-0.15, -0.1) is 0 Å². The molecule has 6 heteroatoms. The fraction of sp³-hybridized carbons (Fsp3) is 0.429. The summed E-state index contributed by atoms with van der Waals surface area (Å²) in [6, 6.07) is -0.810. The first kappa shape index (κ1) is 19.6. The topological polar surface area (TPSA) is 75.6 Å². The molecule has 1 rings (SSSR count). The fourth-order valence-corrected chi connectivity index (χ4v) is 1.80. The molecule has 0 saturated carbocycles. The Morgan fingerprint density at radius 3 is 2.70 bits per heavy atom. The van der Waals surface area contributed by atoms with E-state index in [-0.39, 0.29) is 51.4 Å². The Labute approximate surface area is 161 Å². The molecule has 0 aromatic heterocycles. The van der Waals surface area contributed by atoms with Crippen molar-refractivity contribution < 1.29 is 19.4 Å². The van der Waals surface area contributed by atoms with Crippen LogP contribution in [0.3, 0.4) is 0 Å². The molecule has 0 amide bonds. The van der Waals surface area contributed by atoms with Gasteiger partial charge in [0.15, 0.2) is 0 Å². The summed E-state index contributed by atoms with van der Waals surface area (Å²) in [5, 5.41) is 12.1. The third kappa shape index (κ3) is 6.85. The number of hydrogen-bond acceptors (Lipinski definition) is 4. The van der Waals surface area contributed by atoms with Gasteiger partial charge in [-0.2, -0.15) is 0 Å². The fourth-order valence-electron chi connectivity index (χ4n) is 1.80. The van der Waals surface area contributed by atoms with Crippen molar-refractivity contribution in [2.45, 2.75) is 32.7 Å². The summed E-state index contributed by atoms with van der Waals surface area (Å²) in [4.78, 5) is 22.5. The minimum absolute atomic E-state index is 0. The molecular weight excluding hydrogens is 285 g/mol. The first-order chi connectivity index (χ1) is 9.04. The van der Waals surface area contributed by atoms with Gasteiger partial charge in [0.05, 0.1) is 6.61 Å². The normalized spacial score (nSPS) is 15.7.